The Kier molecular flexibility index (Phi) is 6.27. The summed E-state index contributed by atoms with van der Waals surface area (Å²) < 4.78 is 0. The molecule has 0 saturated carbocycles. The second kappa shape index (κ2) is 7.73. The molecule has 7 nitrogen and oxygen atoms in total. The Bertz CT molecular complexity index is 323. The third kappa shape index (κ3) is 6.19. The van der Waals surface area contributed by atoms with E-state index in [0.717, 1.165) is 30.7 Å². The highest BCUT2D eigenvalue weighted by molar-refractivity contribution is 5.85. The average Bonchev–Trinajstić information content (AvgIpc) is 2.35. The molecule has 0 bridgehead atoms. The van der Waals surface area contributed by atoms with Crippen LogP contribution in [0.3, 0.4) is 0 Å². The van der Waals surface area contributed by atoms with Gasteiger partial charge >= 0.3 is 11.9 Å². The Morgan fingerprint density at radius 3 is 2.21 bits per heavy atom. The Morgan fingerprint density at radius 1 is 1.11 bits per heavy atom. The normalized spacial score (nSPS) is 18.8. The van der Waals surface area contributed by atoms with Gasteiger partial charge in [-0.1, -0.05) is 6.42 Å². The first-order chi connectivity index (χ1) is 8.99. The van der Waals surface area contributed by atoms with Gasteiger partial charge in [0.2, 0.25) is 5.91 Å². The van der Waals surface area contributed by atoms with Crippen molar-refractivity contribution in [1.29, 1.82) is 0 Å². The number of aliphatic carboxylic acids is 2. The van der Waals surface area contributed by atoms with Crippen molar-refractivity contribution in [3.8, 4) is 0 Å². The van der Waals surface area contributed by atoms with Gasteiger partial charge in [0, 0.05) is 12.5 Å². The summed E-state index contributed by atoms with van der Waals surface area (Å²) in [7, 11) is 0. The monoisotopic (exact) mass is 272 g/mol. The second-order valence-corrected chi connectivity index (χ2v) is 4.72. The minimum Gasteiger partial charge on any atom is -0.480 e. The van der Waals surface area contributed by atoms with Gasteiger partial charge in [-0.2, -0.15) is 0 Å². The van der Waals surface area contributed by atoms with E-state index in [1.807, 2.05) is 0 Å². The minimum atomic E-state index is -1.20. The number of amides is 1. The third-order valence-corrected chi connectivity index (χ3v) is 3.12. The van der Waals surface area contributed by atoms with Crippen molar-refractivity contribution in [3.05, 3.63) is 0 Å². The fraction of sp³-hybridized carbons (Fsp3) is 0.750. The first-order valence-corrected chi connectivity index (χ1v) is 6.44. The van der Waals surface area contributed by atoms with Crippen molar-refractivity contribution < 1.29 is 24.6 Å². The van der Waals surface area contributed by atoms with Gasteiger partial charge in [0.25, 0.3) is 0 Å². The van der Waals surface area contributed by atoms with E-state index < -0.39 is 30.9 Å². The minimum absolute atomic E-state index is 0.179. The Labute approximate surface area is 111 Å². The molecule has 1 heterocycles. The predicted octanol–water partition coefficient (Wildman–Crippen LogP) is -0.0935. The molecule has 1 aliphatic heterocycles. The molecule has 108 valence electrons. The number of carboxylic acids is 2. The van der Waals surface area contributed by atoms with Gasteiger partial charge in [0.15, 0.2) is 0 Å². The average molecular weight is 272 g/mol. The van der Waals surface area contributed by atoms with Crippen LogP contribution in [0.4, 0.5) is 0 Å². The highest BCUT2D eigenvalue weighted by Gasteiger charge is 2.21. The van der Waals surface area contributed by atoms with Gasteiger partial charge in [-0.15, -0.1) is 0 Å². The zero-order valence-corrected chi connectivity index (χ0v) is 10.8. The molecule has 0 aromatic heterocycles. The third-order valence-electron chi connectivity index (χ3n) is 3.12. The molecule has 7 heteroatoms. The van der Waals surface area contributed by atoms with E-state index >= 15 is 0 Å². The maximum absolute atomic E-state index is 11.8. The standard InChI is InChI=1S/C12H20N2O5/c15-10(5-4-9-3-1-2-6-13-9)14(7-11(16)17)8-12(18)19/h9,13H,1-8H2,(H,16,17)(H,18,19). The predicted molar refractivity (Wildman–Crippen MR) is 66.7 cm³/mol. The van der Waals surface area contributed by atoms with Crippen molar-refractivity contribution in [1.82, 2.24) is 10.2 Å². The summed E-state index contributed by atoms with van der Waals surface area (Å²) in [6.45, 7) is -0.195. The number of hydrogen-bond acceptors (Lipinski definition) is 4. The van der Waals surface area contributed by atoms with E-state index in [9.17, 15) is 14.4 Å². The van der Waals surface area contributed by atoms with Crippen LogP contribution in [0.1, 0.15) is 32.1 Å². The number of rotatable bonds is 7. The Morgan fingerprint density at radius 2 is 1.74 bits per heavy atom. The van der Waals surface area contributed by atoms with E-state index in [1.165, 1.54) is 0 Å². The van der Waals surface area contributed by atoms with Crippen LogP contribution in [0, 0.1) is 0 Å². The smallest absolute Gasteiger partial charge is 0.323 e. The molecule has 1 unspecified atom stereocenters. The van der Waals surface area contributed by atoms with E-state index in [4.69, 9.17) is 10.2 Å². The van der Waals surface area contributed by atoms with Crippen molar-refractivity contribution in [3.63, 3.8) is 0 Å². The zero-order valence-electron chi connectivity index (χ0n) is 10.8. The van der Waals surface area contributed by atoms with Crippen molar-refractivity contribution in [2.24, 2.45) is 0 Å². The van der Waals surface area contributed by atoms with Gasteiger partial charge in [-0.05, 0) is 25.8 Å². The number of carbonyl (C=O) groups is 3. The van der Waals surface area contributed by atoms with Crippen LogP contribution in [0.2, 0.25) is 0 Å². The van der Waals surface area contributed by atoms with Crippen LogP contribution in [-0.4, -0.2) is 58.6 Å². The number of hydrogen-bond donors (Lipinski definition) is 3. The van der Waals surface area contributed by atoms with Gasteiger partial charge in [-0.25, -0.2) is 0 Å². The Balaban J connectivity index is 2.41. The molecule has 19 heavy (non-hydrogen) atoms. The van der Waals surface area contributed by atoms with Crippen LogP contribution >= 0.6 is 0 Å². The molecule has 0 aromatic rings. The number of carboxylic acid groups (broad SMARTS) is 2. The molecule has 0 aromatic carbocycles. The van der Waals surface area contributed by atoms with Crippen LogP contribution in [-0.2, 0) is 14.4 Å². The quantitative estimate of drug-likeness (QED) is 0.598. The van der Waals surface area contributed by atoms with Gasteiger partial charge < -0.3 is 20.4 Å². The largest absolute Gasteiger partial charge is 0.480 e. The number of nitrogens with one attached hydrogen (secondary N) is 1. The van der Waals surface area contributed by atoms with Gasteiger partial charge in [0.05, 0.1) is 0 Å². The highest BCUT2D eigenvalue weighted by atomic mass is 16.4. The summed E-state index contributed by atoms with van der Waals surface area (Å²) in [5, 5.41) is 20.6. The summed E-state index contributed by atoms with van der Waals surface area (Å²) in [5.74, 6) is -2.83. The molecule has 1 aliphatic rings. The fourth-order valence-corrected chi connectivity index (χ4v) is 2.19. The fourth-order valence-electron chi connectivity index (χ4n) is 2.19. The maximum atomic E-state index is 11.8. The second-order valence-electron chi connectivity index (χ2n) is 4.72. The van der Waals surface area contributed by atoms with Crippen molar-refractivity contribution in [2.45, 2.75) is 38.1 Å². The zero-order chi connectivity index (χ0) is 14.3. The lowest BCUT2D eigenvalue weighted by Crippen LogP contribution is -2.40. The molecule has 1 rings (SSSR count). The summed E-state index contributed by atoms with van der Waals surface area (Å²) in [4.78, 5) is 33.9. The lowest BCUT2D eigenvalue weighted by molar-refractivity contribution is -0.149. The summed E-state index contributed by atoms with van der Waals surface area (Å²) >= 11 is 0. The van der Waals surface area contributed by atoms with E-state index in [-0.39, 0.29) is 12.5 Å². The molecular weight excluding hydrogens is 252 g/mol. The van der Waals surface area contributed by atoms with Gasteiger partial charge in [0.1, 0.15) is 13.1 Å². The molecule has 1 atom stereocenters. The highest BCUT2D eigenvalue weighted by Crippen LogP contribution is 2.12. The summed E-state index contributed by atoms with van der Waals surface area (Å²) in [6.07, 6.45) is 4.06. The molecule has 0 spiro atoms. The topological polar surface area (TPSA) is 107 Å². The van der Waals surface area contributed by atoms with E-state index in [2.05, 4.69) is 5.32 Å². The van der Waals surface area contributed by atoms with Crippen molar-refractivity contribution >= 4 is 17.8 Å². The molecule has 0 radical (unpaired) electrons. The first kappa shape index (κ1) is 15.4. The molecule has 0 aliphatic carbocycles. The molecule has 3 N–H and O–H groups in total. The molecule has 1 saturated heterocycles. The first-order valence-electron chi connectivity index (χ1n) is 6.44. The number of piperidine rings is 1. The lowest BCUT2D eigenvalue weighted by Gasteiger charge is -2.24. The van der Waals surface area contributed by atoms with E-state index in [0.29, 0.717) is 6.42 Å². The van der Waals surface area contributed by atoms with Crippen LogP contribution < -0.4 is 5.32 Å². The van der Waals surface area contributed by atoms with E-state index in [1.54, 1.807) is 0 Å². The molecule has 1 fully saturated rings. The number of nitrogens with zero attached hydrogens (tertiary/aromatic N) is 1. The lowest BCUT2D eigenvalue weighted by atomic mass is 10.0. The number of carbonyl (C=O) groups excluding carboxylic acids is 1. The van der Waals surface area contributed by atoms with Gasteiger partial charge in [-0.3, -0.25) is 14.4 Å². The molecule has 1 amide bonds. The van der Waals surface area contributed by atoms with Crippen LogP contribution in [0.25, 0.3) is 0 Å². The Hall–Kier alpha value is -1.63. The SMILES string of the molecule is O=C(O)CN(CC(=O)O)C(=O)CCC1CCCCN1. The summed E-state index contributed by atoms with van der Waals surface area (Å²) in [6, 6.07) is 0.272. The molecular formula is C12H20N2O5. The van der Waals surface area contributed by atoms with Crippen molar-refractivity contribution in [2.75, 3.05) is 19.6 Å². The van der Waals surface area contributed by atoms with Crippen LogP contribution in [0.5, 0.6) is 0 Å². The summed E-state index contributed by atoms with van der Waals surface area (Å²) in [5.41, 5.74) is 0. The van der Waals surface area contributed by atoms with Crippen LogP contribution in [0.15, 0.2) is 0 Å². The maximum Gasteiger partial charge on any atom is 0.323 e.